The fourth-order valence-corrected chi connectivity index (χ4v) is 3.35. The number of hydrogen-bond donors (Lipinski definition) is 1. The van der Waals surface area contributed by atoms with Crippen LogP contribution < -0.4 is 5.32 Å². The van der Waals surface area contributed by atoms with Crippen LogP contribution >= 0.6 is 0 Å². The van der Waals surface area contributed by atoms with Crippen LogP contribution in [0.5, 0.6) is 0 Å². The van der Waals surface area contributed by atoms with Gasteiger partial charge in [0.05, 0.1) is 0 Å². The van der Waals surface area contributed by atoms with Gasteiger partial charge in [-0.05, 0) is 57.1 Å². The second kappa shape index (κ2) is 8.08. The maximum Gasteiger partial charge on any atom is 0.269 e. The van der Waals surface area contributed by atoms with Gasteiger partial charge >= 0.3 is 0 Å². The molecule has 1 aliphatic carbocycles. The number of carbonyl (C=O) groups is 2. The molecule has 1 fully saturated rings. The molecular weight excluding hydrogens is 302 g/mol. The molecule has 0 radical (unpaired) electrons. The quantitative estimate of drug-likeness (QED) is 0.846. The highest BCUT2D eigenvalue weighted by Gasteiger charge is 2.20. The van der Waals surface area contributed by atoms with Gasteiger partial charge in [0.15, 0.2) is 0 Å². The van der Waals surface area contributed by atoms with Crippen molar-refractivity contribution in [3.05, 3.63) is 41.2 Å². The molecule has 5 heteroatoms. The van der Waals surface area contributed by atoms with Crippen molar-refractivity contribution in [3.8, 4) is 0 Å². The van der Waals surface area contributed by atoms with Gasteiger partial charge in [-0.2, -0.15) is 0 Å². The lowest BCUT2D eigenvalue weighted by molar-refractivity contribution is 0.0792. The van der Waals surface area contributed by atoms with Gasteiger partial charge in [-0.25, -0.2) is 0 Å². The van der Waals surface area contributed by atoms with Crippen molar-refractivity contribution >= 4 is 11.8 Å². The molecule has 0 saturated carbocycles. The van der Waals surface area contributed by atoms with Gasteiger partial charge in [-0.3, -0.25) is 14.6 Å². The number of pyridine rings is 1. The molecule has 1 aliphatic heterocycles. The lowest BCUT2D eigenvalue weighted by Crippen LogP contribution is -2.29. The summed E-state index contributed by atoms with van der Waals surface area (Å²) in [5, 5.41) is 2.91. The van der Waals surface area contributed by atoms with Crippen LogP contribution in [0.15, 0.2) is 30.0 Å². The Hall–Kier alpha value is -2.17. The number of allylic oxidation sites excluding steroid dienone is 1. The molecule has 2 aliphatic rings. The Kier molecular flexibility index (Phi) is 5.62. The van der Waals surface area contributed by atoms with Crippen LogP contribution in [-0.2, 0) is 0 Å². The van der Waals surface area contributed by atoms with E-state index in [0.717, 1.165) is 45.2 Å². The Bertz CT molecular complexity index is 633. The number of amides is 2. The summed E-state index contributed by atoms with van der Waals surface area (Å²) in [7, 11) is 0. The monoisotopic (exact) mass is 327 g/mol. The zero-order valence-electron chi connectivity index (χ0n) is 14.1. The van der Waals surface area contributed by atoms with Gasteiger partial charge < -0.3 is 10.2 Å². The number of carbonyl (C=O) groups excluding carboxylic acids is 2. The topological polar surface area (TPSA) is 62.3 Å². The zero-order chi connectivity index (χ0) is 16.8. The summed E-state index contributed by atoms with van der Waals surface area (Å²) in [6.07, 6.45) is 11.7. The second-order valence-corrected chi connectivity index (χ2v) is 6.54. The van der Waals surface area contributed by atoms with Crippen molar-refractivity contribution in [3.63, 3.8) is 0 Å². The summed E-state index contributed by atoms with van der Waals surface area (Å²) < 4.78 is 0. The lowest BCUT2D eigenvalue weighted by Gasteiger charge is -2.15. The van der Waals surface area contributed by atoms with Crippen LogP contribution in [0.4, 0.5) is 0 Å². The molecule has 128 valence electrons. The Balaban J connectivity index is 1.55. The first-order chi connectivity index (χ1) is 11.7. The van der Waals surface area contributed by atoms with Gasteiger partial charge in [-0.15, -0.1) is 0 Å². The smallest absolute Gasteiger partial charge is 0.269 e. The first-order valence-electron chi connectivity index (χ1n) is 8.95. The molecule has 1 saturated heterocycles. The van der Waals surface area contributed by atoms with E-state index in [1.165, 1.54) is 18.4 Å². The predicted molar refractivity (Wildman–Crippen MR) is 92.9 cm³/mol. The third kappa shape index (κ3) is 4.22. The zero-order valence-corrected chi connectivity index (χ0v) is 14.1. The standard InChI is InChI=1S/C19H25N3O2/c23-18(21-10-8-15-6-2-1-3-7-15)17-14-16(9-11-20-17)19(24)22-12-4-5-13-22/h6,9,11,14H,1-5,7-8,10,12-13H2,(H,21,23). The summed E-state index contributed by atoms with van der Waals surface area (Å²) in [6, 6.07) is 3.29. The third-order valence-electron chi connectivity index (χ3n) is 4.75. The van der Waals surface area contributed by atoms with Gasteiger partial charge in [0.2, 0.25) is 0 Å². The predicted octanol–water partition coefficient (Wildman–Crippen LogP) is 2.94. The maximum absolute atomic E-state index is 12.4. The van der Waals surface area contributed by atoms with Crippen molar-refractivity contribution in [2.45, 2.75) is 44.9 Å². The second-order valence-electron chi connectivity index (χ2n) is 6.54. The van der Waals surface area contributed by atoms with E-state index in [1.807, 2.05) is 4.90 Å². The minimum absolute atomic E-state index is 0.00342. The van der Waals surface area contributed by atoms with Crippen LogP contribution in [0.1, 0.15) is 65.8 Å². The lowest BCUT2D eigenvalue weighted by atomic mass is 9.97. The Morgan fingerprint density at radius 3 is 2.75 bits per heavy atom. The first-order valence-corrected chi connectivity index (χ1v) is 8.95. The average molecular weight is 327 g/mol. The molecule has 2 heterocycles. The number of nitrogens with zero attached hydrogens (tertiary/aromatic N) is 2. The SMILES string of the molecule is O=C(NCCC1=CCCCC1)c1cc(C(=O)N2CCCC2)ccn1. The Morgan fingerprint density at radius 2 is 2.00 bits per heavy atom. The van der Waals surface area contributed by atoms with Crippen LogP contribution in [0.25, 0.3) is 0 Å². The van der Waals surface area contributed by atoms with Crippen molar-refractivity contribution < 1.29 is 9.59 Å². The summed E-state index contributed by atoms with van der Waals surface area (Å²) in [4.78, 5) is 30.6. The molecule has 5 nitrogen and oxygen atoms in total. The number of rotatable bonds is 5. The molecule has 2 amide bonds. The van der Waals surface area contributed by atoms with E-state index in [0.29, 0.717) is 17.8 Å². The number of nitrogens with one attached hydrogen (secondary N) is 1. The maximum atomic E-state index is 12.4. The summed E-state index contributed by atoms with van der Waals surface area (Å²) in [5.74, 6) is -0.209. The molecular formula is C19H25N3O2. The van der Waals surface area contributed by atoms with E-state index >= 15 is 0 Å². The molecule has 0 atom stereocenters. The molecule has 0 unspecified atom stereocenters. The molecule has 1 aromatic heterocycles. The van der Waals surface area contributed by atoms with E-state index in [2.05, 4.69) is 16.4 Å². The Labute approximate surface area is 143 Å². The van der Waals surface area contributed by atoms with Crippen LogP contribution in [0, 0.1) is 0 Å². The van der Waals surface area contributed by atoms with Gasteiger partial charge in [0, 0.05) is 31.4 Å². The molecule has 1 aromatic rings. The number of likely N-dealkylation sites (tertiary alicyclic amines) is 1. The fraction of sp³-hybridized carbons (Fsp3) is 0.526. The minimum Gasteiger partial charge on any atom is -0.350 e. The summed E-state index contributed by atoms with van der Waals surface area (Å²) in [6.45, 7) is 2.23. The Morgan fingerprint density at radius 1 is 1.17 bits per heavy atom. The molecule has 24 heavy (non-hydrogen) atoms. The normalized spacial score (nSPS) is 17.5. The molecule has 0 spiro atoms. The van der Waals surface area contributed by atoms with E-state index in [9.17, 15) is 9.59 Å². The molecule has 3 rings (SSSR count). The molecule has 1 N–H and O–H groups in total. The third-order valence-corrected chi connectivity index (χ3v) is 4.75. The van der Waals surface area contributed by atoms with E-state index in [-0.39, 0.29) is 11.8 Å². The summed E-state index contributed by atoms with van der Waals surface area (Å²) >= 11 is 0. The van der Waals surface area contributed by atoms with Crippen LogP contribution in [-0.4, -0.2) is 41.3 Å². The van der Waals surface area contributed by atoms with E-state index < -0.39 is 0 Å². The highest BCUT2D eigenvalue weighted by atomic mass is 16.2. The fourth-order valence-electron chi connectivity index (χ4n) is 3.35. The van der Waals surface area contributed by atoms with Crippen molar-refractivity contribution in [1.82, 2.24) is 15.2 Å². The highest BCUT2D eigenvalue weighted by Crippen LogP contribution is 2.19. The van der Waals surface area contributed by atoms with Crippen molar-refractivity contribution in [1.29, 1.82) is 0 Å². The van der Waals surface area contributed by atoms with Gasteiger partial charge in [0.25, 0.3) is 11.8 Å². The molecule has 0 aromatic carbocycles. The highest BCUT2D eigenvalue weighted by molar-refractivity contribution is 5.98. The molecule has 0 bridgehead atoms. The number of aromatic nitrogens is 1. The largest absolute Gasteiger partial charge is 0.350 e. The van der Waals surface area contributed by atoms with Crippen LogP contribution in [0.3, 0.4) is 0 Å². The average Bonchev–Trinajstić information content (AvgIpc) is 3.16. The van der Waals surface area contributed by atoms with E-state index in [4.69, 9.17) is 0 Å². The first kappa shape index (κ1) is 16.7. The van der Waals surface area contributed by atoms with Crippen molar-refractivity contribution in [2.75, 3.05) is 19.6 Å². The number of hydrogen-bond acceptors (Lipinski definition) is 3. The van der Waals surface area contributed by atoms with Crippen molar-refractivity contribution in [2.24, 2.45) is 0 Å². The van der Waals surface area contributed by atoms with Gasteiger partial charge in [-0.1, -0.05) is 11.6 Å². The summed E-state index contributed by atoms with van der Waals surface area (Å²) in [5.41, 5.74) is 2.30. The van der Waals surface area contributed by atoms with Crippen LogP contribution in [0.2, 0.25) is 0 Å². The van der Waals surface area contributed by atoms with Gasteiger partial charge in [0.1, 0.15) is 5.69 Å². The van der Waals surface area contributed by atoms with E-state index in [1.54, 1.807) is 18.3 Å². The minimum atomic E-state index is -0.206.